The van der Waals surface area contributed by atoms with Crippen LogP contribution in [0.2, 0.25) is 0 Å². The molecule has 1 aliphatic rings. The van der Waals surface area contributed by atoms with Gasteiger partial charge in [0.25, 0.3) is 0 Å². The van der Waals surface area contributed by atoms with Crippen LogP contribution in [0.1, 0.15) is 32.6 Å². The van der Waals surface area contributed by atoms with Crippen LogP contribution in [-0.4, -0.2) is 23.7 Å². The van der Waals surface area contributed by atoms with Gasteiger partial charge in [-0.05, 0) is 49.6 Å². The van der Waals surface area contributed by atoms with E-state index in [9.17, 15) is 4.79 Å². The van der Waals surface area contributed by atoms with Crippen molar-refractivity contribution in [1.82, 2.24) is 5.32 Å². The van der Waals surface area contributed by atoms with E-state index in [1.54, 1.807) is 0 Å². The summed E-state index contributed by atoms with van der Waals surface area (Å²) in [5.74, 6) is 1.23. The Hall–Kier alpha value is -1.00. The molecule has 20 heavy (non-hydrogen) atoms. The van der Waals surface area contributed by atoms with Gasteiger partial charge >= 0.3 is 0 Å². The first-order valence-corrected chi connectivity index (χ1v) is 8.40. The van der Waals surface area contributed by atoms with Crippen LogP contribution in [0.3, 0.4) is 0 Å². The molecule has 1 aromatic rings. The number of carbonyl (C=O) groups excluding carboxylic acids is 1. The van der Waals surface area contributed by atoms with Gasteiger partial charge in [0.15, 0.2) is 0 Å². The third-order valence-electron chi connectivity index (χ3n) is 4.23. The van der Waals surface area contributed by atoms with Crippen molar-refractivity contribution in [3.63, 3.8) is 0 Å². The van der Waals surface area contributed by atoms with Crippen LogP contribution in [-0.2, 0) is 4.79 Å². The Labute approximate surface area is 125 Å². The van der Waals surface area contributed by atoms with Gasteiger partial charge in [0, 0.05) is 4.90 Å². The predicted octanol–water partition coefficient (Wildman–Crippen LogP) is 2.80. The molecule has 1 fully saturated rings. The fourth-order valence-electron chi connectivity index (χ4n) is 3.26. The van der Waals surface area contributed by atoms with Crippen LogP contribution >= 0.6 is 11.8 Å². The lowest BCUT2D eigenvalue weighted by atomic mass is 9.84. The van der Waals surface area contributed by atoms with Gasteiger partial charge in [0.2, 0.25) is 5.91 Å². The quantitative estimate of drug-likeness (QED) is 0.760. The highest BCUT2D eigenvalue weighted by molar-refractivity contribution is 7.99. The minimum Gasteiger partial charge on any atom is -0.368 e. The molecule has 0 aliphatic heterocycles. The van der Waals surface area contributed by atoms with Crippen molar-refractivity contribution in [2.45, 2.75) is 43.0 Å². The average Bonchev–Trinajstić information content (AvgIpc) is 2.85. The Morgan fingerprint density at radius 2 is 2.20 bits per heavy atom. The number of amides is 1. The number of likely N-dealkylation sites (N-methyl/N-ethyl adjacent to an activating group) is 1. The van der Waals surface area contributed by atoms with Crippen molar-refractivity contribution in [1.29, 1.82) is 0 Å². The number of hydrogen-bond acceptors (Lipinski definition) is 3. The Morgan fingerprint density at radius 3 is 2.85 bits per heavy atom. The van der Waals surface area contributed by atoms with Gasteiger partial charge in [0.1, 0.15) is 5.54 Å². The van der Waals surface area contributed by atoms with E-state index in [0.717, 1.165) is 38.0 Å². The summed E-state index contributed by atoms with van der Waals surface area (Å²) in [7, 11) is 0. The molecule has 3 nitrogen and oxygen atoms in total. The topological polar surface area (TPSA) is 55.1 Å². The highest BCUT2D eigenvalue weighted by atomic mass is 32.2. The first-order chi connectivity index (χ1) is 9.69. The zero-order valence-electron chi connectivity index (χ0n) is 12.1. The van der Waals surface area contributed by atoms with Gasteiger partial charge in [-0.2, -0.15) is 0 Å². The summed E-state index contributed by atoms with van der Waals surface area (Å²) >= 11 is 1.86. The summed E-state index contributed by atoms with van der Waals surface area (Å²) in [6.07, 6.45) is 4.12. The number of nitrogens with one attached hydrogen (secondary N) is 1. The van der Waals surface area contributed by atoms with E-state index in [4.69, 9.17) is 5.73 Å². The Bertz CT molecular complexity index is 437. The van der Waals surface area contributed by atoms with Crippen molar-refractivity contribution in [2.75, 3.05) is 12.3 Å². The molecule has 0 saturated heterocycles. The van der Waals surface area contributed by atoms with E-state index in [2.05, 4.69) is 29.6 Å². The third-order valence-corrected chi connectivity index (χ3v) is 5.28. The molecule has 2 atom stereocenters. The number of benzene rings is 1. The smallest absolute Gasteiger partial charge is 0.238 e. The molecule has 1 saturated carbocycles. The molecule has 2 unspecified atom stereocenters. The van der Waals surface area contributed by atoms with Gasteiger partial charge in [0.05, 0.1) is 0 Å². The van der Waals surface area contributed by atoms with Gasteiger partial charge in [-0.15, -0.1) is 11.8 Å². The van der Waals surface area contributed by atoms with E-state index in [1.807, 2.05) is 24.8 Å². The predicted molar refractivity (Wildman–Crippen MR) is 84.7 cm³/mol. The van der Waals surface area contributed by atoms with Crippen molar-refractivity contribution in [2.24, 2.45) is 11.7 Å². The van der Waals surface area contributed by atoms with E-state index < -0.39 is 5.54 Å². The number of hydrogen-bond donors (Lipinski definition) is 2. The largest absolute Gasteiger partial charge is 0.368 e. The Kier molecular flexibility index (Phi) is 5.49. The third kappa shape index (κ3) is 3.36. The molecule has 110 valence electrons. The van der Waals surface area contributed by atoms with Gasteiger partial charge < -0.3 is 11.1 Å². The van der Waals surface area contributed by atoms with Crippen molar-refractivity contribution < 1.29 is 4.79 Å². The van der Waals surface area contributed by atoms with E-state index in [-0.39, 0.29) is 5.91 Å². The van der Waals surface area contributed by atoms with Crippen LogP contribution in [0.25, 0.3) is 0 Å². The SMILES string of the molecule is CCNC1(C(N)=O)CCCC1CCSc1ccccc1. The lowest BCUT2D eigenvalue weighted by Crippen LogP contribution is -2.57. The van der Waals surface area contributed by atoms with E-state index in [1.165, 1.54) is 4.90 Å². The minimum atomic E-state index is -0.466. The average molecular weight is 292 g/mol. The number of thioether (sulfide) groups is 1. The second-order valence-corrected chi connectivity index (χ2v) is 6.57. The highest BCUT2D eigenvalue weighted by Gasteiger charge is 2.46. The van der Waals surface area contributed by atoms with Crippen LogP contribution in [0.4, 0.5) is 0 Å². The maximum Gasteiger partial charge on any atom is 0.238 e. The fourth-order valence-corrected chi connectivity index (χ4v) is 4.25. The standard InChI is InChI=1S/C16H24N2OS/c1-2-18-16(15(17)19)11-6-7-13(16)10-12-20-14-8-4-3-5-9-14/h3-5,8-9,13,18H,2,6-7,10-12H2,1H3,(H2,17,19). The molecule has 4 heteroatoms. The second kappa shape index (κ2) is 7.14. The number of carbonyl (C=O) groups is 1. The molecule has 3 N–H and O–H groups in total. The molecule has 0 spiro atoms. The normalized spacial score (nSPS) is 25.8. The Balaban J connectivity index is 1.92. The molecule has 1 aliphatic carbocycles. The monoisotopic (exact) mass is 292 g/mol. The number of nitrogens with two attached hydrogens (primary N) is 1. The summed E-state index contributed by atoms with van der Waals surface area (Å²) in [5.41, 5.74) is 5.22. The van der Waals surface area contributed by atoms with Crippen LogP contribution in [0, 0.1) is 5.92 Å². The molecule has 0 radical (unpaired) electrons. The van der Waals surface area contributed by atoms with Gasteiger partial charge in [-0.1, -0.05) is 31.5 Å². The molecular weight excluding hydrogens is 268 g/mol. The highest BCUT2D eigenvalue weighted by Crippen LogP contribution is 2.39. The zero-order chi connectivity index (χ0) is 14.4. The molecule has 0 aromatic heterocycles. The lowest BCUT2D eigenvalue weighted by Gasteiger charge is -2.33. The maximum atomic E-state index is 11.9. The summed E-state index contributed by atoms with van der Waals surface area (Å²) in [6, 6.07) is 10.4. The molecular formula is C16H24N2OS. The van der Waals surface area contributed by atoms with E-state index >= 15 is 0 Å². The molecule has 0 bridgehead atoms. The molecule has 0 heterocycles. The first-order valence-electron chi connectivity index (χ1n) is 7.42. The summed E-state index contributed by atoms with van der Waals surface area (Å²) in [5, 5.41) is 3.37. The van der Waals surface area contributed by atoms with Crippen LogP contribution in [0.5, 0.6) is 0 Å². The summed E-state index contributed by atoms with van der Waals surface area (Å²) in [6.45, 7) is 2.84. The minimum absolute atomic E-state index is 0.174. The summed E-state index contributed by atoms with van der Waals surface area (Å²) < 4.78 is 0. The van der Waals surface area contributed by atoms with Gasteiger partial charge in [-0.3, -0.25) is 4.79 Å². The van der Waals surface area contributed by atoms with Crippen LogP contribution in [0.15, 0.2) is 35.2 Å². The van der Waals surface area contributed by atoms with Crippen molar-refractivity contribution in [3.8, 4) is 0 Å². The first kappa shape index (κ1) is 15.4. The zero-order valence-corrected chi connectivity index (χ0v) is 12.9. The van der Waals surface area contributed by atoms with Gasteiger partial charge in [-0.25, -0.2) is 0 Å². The van der Waals surface area contributed by atoms with Crippen LogP contribution < -0.4 is 11.1 Å². The molecule has 1 aromatic carbocycles. The summed E-state index contributed by atoms with van der Waals surface area (Å²) in [4.78, 5) is 13.2. The lowest BCUT2D eigenvalue weighted by molar-refractivity contribution is -0.125. The number of primary amides is 1. The van der Waals surface area contributed by atoms with E-state index in [0.29, 0.717) is 5.92 Å². The maximum absolute atomic E-state index is 11.9. The Morgan fingerprint density at radius 1 is 1.45 bits per heavy atom. The fraction of sp³-hybridized carbons (Fsp3) is 0.562. The number of rotatable bonds is 7. The second-order valence-electron chi connectivity index (χ2n) is 5.41. The van der Waals surface area contributed by atoms with Crippen molar-refractivity contribution in [3.05, 3.63) is 30.3 Å². The molecule has 1 amide bonds. The van der Waals surface area contributed by atoms with Crippen molar-refractivity contribution >= 4 is 17.7 Å². The molecule has 2 rings (SSSR count).